The molecule has 1 aromatic heterocycles. The average Bonchev–Trinajstić information content (AvgIpc) is 3.48. The Morgan fingerprint density at radius 3 is 2.55 bits per heavy atom. The molecule has 2 aromatic rings. The Morgan fingerprint density at radius 2 is 1.82 bits per heavy atom. The van der Waals surface area contributed by atoms with E-state index in [2.05, 4.69) is 33.2 Å². The maximum absolute atomic E-state index is 14.1. The van der Waals surface area contributed by atoms with Crippen molar-refractivity contribution in [2.75, 3.05) is 13.2 Å². The van der Waals surface area contributed by atoms with Crippen molar-refractivity contribution < 1.29 is 19.1 Å². The van der Waals surface area contributed by atoms with E-state index < -0.39 is 5.60 Å². The van der Waals surface area contributed by atoms with Gasteiger partial charge in [-0.15, -0.1) is 0 Å². The van der Waals surface area contributed by atoms with E-state index in [-0.39, 0.29) is 24.1 Å². The fourth-order valence-corrected chi connectivity index (χ4v) is 6.27. The van der Waals surface area contributed by atoms with Gasteiger partial charge in [-0.3, -0.25) is 4.79 Å². The largest absolute Gasteiger partial charge is 0.442 e. The fourth-order valence-electron chi connectivity index (χ4n) is 6.27. The summed E-state index contributed by atoms with van der Waals surface area (Å²) in [4.78, 5) is 28.9. The number of hydrogen-bond donors (Lipinski definition) is 1. The molecule has 1 N–H and O–H groups in total. The predicted octanol–water partition coefficient (Wildman–Crippen LogP) is 5.23. The lowest BCUT2D eigenvalue weighted by Crippen LogP contribution is -2.47. The summed E-state index contributed by atoms with van der Waals surface area (Å²) >= 11 is 0. The highest BCUT2D eigenvalue weighted by molar-refractivity contribution is 6.07. The van der Waals surface area contributed by atoms with Gasteiger partial charge in [0.05, 0.1) is 0 Å². The van der Waals surface area contributed by atoms with Crippen LogP contribution in [0.5, 0.6) is 0 Å². The first-order chi connectivity index (χ1) is 18.3. The van der Waals surface area contributed by atoms with Crippen LogP contribution in [0, 0.1) is 5.92 Å². The van der Waals surface area contributed by atoms with E-state index in [0.29, 0.717) is 12.0 Å². The number of ether oxygens (including phenoxy) is 2. The molecule has 0 radical (unpaired) electrons. The summed E-state index contributed by atoms with van der Waals surface area (Å²) in [6, 6.07) is 8.84. The smallest absolute Gasteiger partial charge is 0.429 e. The summed E-state index contributed by atoms with van der Waals surface area (Å²) in [6.07, 6.45) is 10.5. The van der Waals surface area contributed by atoms with Crippen LogP contribution in [0.1, 0.15) is 76.1 Å². The highest BCUT2D eigenvalue weighted by Crippen LogP contribution is 2.39. The van der Waals surface area contributed by atoms with Gasteiger partial charge in [0.25, 0.3) is 5.91 Å². The van der Waals surface area contributed by atoms with Gasteiger partial charge in [0, 0.05) is 66.7 Å². The summed E-state index contributed by atoms with van der Waals surface area (Å²) in [7, 11) is 0. The van der Waals surface area contributed by atoms with E-state index in [9.17, 15) is 9.59 Å². The van der Waals surface area contributed by atoms with Crippen molar-refractivity contribution in [2.45, 2.75) is 96.0 Å². The lowest BCUT2D eigenvalue weighted by atomic mass is 9.86. The second-order valence-electron chi connectivity index (χ2n) is 12.4. The quantitative estimate of drug-likeness (QED) is 0.584. The van der Waals surface area contributed by atoms with Crippen LogP contribution in [0.25, 0.3) is 10.9 Å². The molecule has 0 bridgehead atoms. The highest BCUT2D eigenvalue weighted by Gasteiger charge is 2.42. The molecule has 6 rings (SSSR count). The zero-order chi connectivity index (χ0) is 26.4. The number of carbonyl (C=O) groups excluding carboxylic acids is 2. The molecular formula is C30H40N4O4. The predicted molar refractivity (Wildman–Crippen MR) is 145 cm³/mol. The molecule has 8 nitrogen and oxygen atoms in total. The Hall–Kier alpha value is -2.84. The third-order valence-corrected chi connectivity index (χ3v) is 8.30. The minimum Gasteiger partial charge on any atom is -0.442 e. The van der Waals surface area contributed by atoms with Crippen LogP contribution >= 0.6 is 0 Å². The van der Waals surface area contributed by atoms with Crippen LogP contribution in [-0.2, 0) is 16.0 Å². The minimum atomic E-state index is -0.548. The van der Waals surface area contributed by atoms with Gasteiger partial charge < -0.3 is 18.9 Å². The molecule has 38 heavy (non-hydrogen) atoms. The number of nitrogens with zero attached hydrogens (tertiary/aromatic N) is 3. The van der Waals surface area contributed by atoms with Crippen molar-refractivity contribution in [3.8, 4) is 0 Å². The summed E-state index contributed by atoms with van der Waals surface area (Å²) in [5, 5.41) is 2.53. The van der Waals surface area contributed by atoms with Gasteiger partial charge >= 0.3 is 6.09 Å². The van der Waals surface area contributed by atoms with Gasteiger partial charge in [-0.2, -0.15) is 0 Å². The topological polar surface area (TPSA) is 76.0 Å². The molecule has 1 saturated heterocycles. The monoisotopic (exact) mass is 520 g/mol. The molecule has 2 saturated carbocycles. The molecule has 4 aliphatic rings. The van der Waals surface area contributed by atoms with E-state index in [4.69, 9.17) is 9.47 Å². The van der Waals surface area contributed by atoms with Crippen molar-refractivity contribution in [3.05, 3.63) is 47.8 Å². The number of fused-ring (bicyclic) bond motifs is 2. The Balaban J connectivity index is 1.20. The Bertz CT molecular complexity index is 1230. The third kappa shape index (κ3) is 5.21. The summed E-state index contributed by atoms with van der Waals surface area (Å²) in [5.41, 5.74) is 5.86. The lowest BCUT2D eigenvalue weighted by molar-refractivity contribution is 0.0254. The molecule has 1 aromatic carbocycles. The number of aromatic nitrogens is 1. The van der Waals surface area contributed by atoms with Crippen LogP contribution in [0.4, 0.5) is 4.79 Å². The van der Waals surface area contributed by atoms with Gasteiger partial charge in [0.1, 0.15) is 5.60 Å². The number of benzene rings is 1. The molecule has 2 aliphatic carbocycles. The second-order valence-corrected chi connectivity index (χ2v) is 12.4. The molecule has 8 heteroatoms. The fraction of sp³-hybridized carbons (Fsp3) is 0.600. The lowest BCUT2D eigenvalue weighted by Gasteiger charge is -2.37. The molecule has 2 amide bonds. The Labute approximate surface area is 224 Å². The van der Waals surface area contributed by atoms with Crippen LogP contribution in [-0.4, -0.2) is 63.4 Å². The highest BCUT2D eigenvalue weighted by atomic mass is 16.6. The summed E-state index contributed by atoms with van der Waals surface area (Å²) < 4.78 is 13.4. The first kappa shape index (κ1) is 25.4. The van der Waals surface area contributed by atoms with Crippen molar-refractivity contribution in [1.29, 1.82) is 0 Å². The number of hydrazine groups is 1. The van der Waals surface area contributed by atoms with Crippen molar-refractivity contribution >= 4 is 22.9 Å². The molecule has 3 fully saturated rings. The number of carbonyl (C=O) groups is 2. The number of rotatable bonds is 5. The molecular weight excluding hydrogens is 480 g/mol. The average molecular weight is 521 g/mol. The molecule has 2 aliphatic heterocycles. The van der Waals surface area contributed by atoms with E-state index >= 15 is 0 Å². The summed E-state index contributed by atoms with van der Waals surface area (Å²) in [5.74, 6) is 0.756. The SMILES string of the molecule is CC(C)(C)OC(=O)N1C=C2CC(N(C(=O)c3cccc4c3ccn4CC3CCOCC3)C3CC3)CCC2N1. The van der Waals surface area contributed by atoms with Crippen LogP contribution < -0.4 is 5.43 Å². The number of amides is 2. The maximum Gasteiger partial charge on any atom is 0.429 e. The van der Waals surface area contributed by atoms with E-state index in [0.717, 1.165) is 81.2 Å². The Kier molecular flexibility index (Phi) is 6.72. The van der Waals surface area contributed by atoms with Crippen LogP contribution in [0.2, 0.25) is 0 Å². The molecule has 3 heterocycles. The van der Waals surface area contributed by atoms with Crippen molar-refractivity contribution in [3.63, 3.8) is 0 Å². The minimum absolute atomic E-state index is 0.123. The van der Waals surface area contributed by atoms with E-state index in [1.807, 2.05) is 39.1 Å². The normalized spacial score (nSPS) is 24.3. The van der Waals surface area contributed by atoms with Gasteiger partial charge in [-0.25, -0.2) is 15.2 Å². The Morgan fingerprint density at radius 1 is 1.05 bits per heavy atom. The standard InChI is InChI=1S/C30H40N4O4/c1-30(2,3)38-29(36)33-19-21-17-23(9-10-26(21)31-33)34(22-7-8-22)28(35)25-5-4-6-27-24(25)11-14-32(27)18-20-12-15-37-16-13-20/h4-6,11,14,19-20,22-23,26,31H,7-10,12-13,15-18H2,1-3H3. The number of nitrogens with one attached hydrogen (secondary N) is 1. The molecule has 204 valence electrons. The van der Waals surface area contributed by atoms with E-state index in [1.165, 1.54) is 10.6 Å². The van der Waals surface area contributed by atoms with Crippen LogP contribution in [0.15, 0.2) is 42.2 Å². The van der Waals surface area contributed by atoms with Gasteiger partial charge in [0.15, 0.2) is 0 Å². The first-order valence-corrected chi connectivity index (χ1v) is 14.2. The number of hydrogen-bond acceptors (Lipinski definition) is 5. The third-order valence-electron chi connectivity index (χ3n) is 8.30. The summed E-state index contributed by atoms with van der Waals surface area (Å²) in [6.45, 7) is 8.26. The van der Waals surface area contributed by atoms with Crippen molar-refractivity contribution in [2.24, 2.45) is 5.92 Å². The molecule has 2 atom stereocenters. The van der Waals surface area contributed by atoms with E-state index in [1.54, 1.807) is 0 Å². The molecule has 0 spiro atoms. The van der Waals surface area contributed by atoms with Gasteiger partial charge in [0.2, 0.25) is 0 Å². The zero-order valence-corrected chi connectivity index (χ0v) is 22.8. The molecule has 2 unspecified atom stereocenters. The van der Waals surface area contributed by atoms with Gasteiger partial charge in [-0.05, 0) is 95.4 Å². The van der Waals surface area contributed by atoms with Crippen LogP contribution in [0.3, 0.4) is 0 Å². The zero-order valence-electron chi connectivity index (χ0n) is 22.8. The van der Waals surface area contributed by atoms with Gasteiger partial charge in [-0.1, -0.05) is 6.07 Å². The maximum atomic E-state index is 14.1. The second kappa shape index (κ2) is 10.0. The van der Waals surface area contributed by atoms with Crippen molar-refractivity contribution in [1.82, 2.24) is 19.9 Å². The first-order valence-electron chi connectivity index (χ1n) is 14.2.